The molecule has 1 spiro atoms. The maximum Gasteiger partial charge on any atom is 0.0639 e. The number of anilines is 1. The van der Waals surface area contributed by atoms with Crippen LogP contribution in [0.25, 0.3) is 10.9 Å². The molecule has 208 valence electrons. The molecule has 4 aromatic rings. The molecule has 6 heteroatoms. The molecule has 0 amide bonds. The Morgan fingerprint density at radius 3 is 2.30 bits per heavy atom. The fourth-order valence-electron chi connectivity index (χ4n) is 7.46. The summed E-state index contributed by atoms with van der Waals surface area (Å²) in [5, 5.41) is 2.25. The number of aromatic nitrogens is 1. The van der Waals surface area contributed by atoms with Crippen molar-refractivity contribution in [2.24, 2.45) is 0 Å². The number of piperidine rings is 1. The molecule has 7 rings (SSSR count). The lowest BCUT2D eigenvalue weighted by molar-refractivity contribution is -0.00148. The minimum Gasteiger partial charge on any atom is -0.369 e. The van der Waals surface area contributed by atoms with Crippen molar-refractivity contribution in [2.45, 2.75) is 31.3 Å². The maximum absolute atomic E-state index is 6.26. The lowest BCUT2D eigenvalue weighted by Crippen LogP contribution is -2.58. The predicted molar refractivity (Wildman–Crippen MR) is 166 cm³/mol. The van der Waals surface area contributed by atoms with Gasteiger partial charge in [0, 0.05) is 92.8 Å². The zero-order valence-corrected chi connectivity index (χ0v) is 24.1. The molecule has 5 nitrogen and oxygen atoms in total. The van der Waals surface area contributed by atoms with Gasteiger partial charge in [0.1, 0.15) is 0 Å². The van der Waals surface area contributed by atoms with Crippen LogP contribution in [0.5, 0.6) is 0 Å². The average molecular weight is 554 g/mol. The van der Waals surface area contributed by atoms with Crippen molar-refractivity contribution >= 4 is 28.2 Å². The molecule has 1 aromatic heterocycles. The van der Waals surface area contributed by atoms with Crippen molar-refractivity contribution in [3.8, 4) is 0 Å². The number of piperazine rings is 1. The van der Waals surface area contributed by atoms with Crippen molar-refractivity contribution in [1.82, 2.24) is 19.7 Å². The van der Waals surface area contributed by atoms with E-state index in [9.17, 15) is 0 Å². The van der Waals surface area contributed by atoms with E-state index in [1.165, 1.54) is 40.7 Å². The molecule has 0 unspecified atom stereocenters. The molecular weight excluding hydrogens is 514 g/mol. The largest absolute Gasteiger partial charge is 0.369 e. The van der Waals surface area contributed by atoms with Crippen LogP contribution in [0.4, 0.5) is 5.69 Å². The van der Waals surface area contributed by atoms with Crippen LogP contribution in [-0.4, -0.2) is 78.6 Å². The van der Waals surface area contributed by atoms with Crippen LogP contribution in [0.3, 0.4) is 0 Å². The molecule has 0 bridgehead atoms. The van der Waals surface area contributed by atoms with Gasteiger partial charge in [-0.2, -0.15) is 0 Å². The van der Waals surface area contributed by atoms with Gasteiger partial charge in [0.25, 0.3) is 0 Å². The number of hydrogen-bond acceptors (Lipinski definition) is 4. The fourth-order valence-corrected chi connectivity index (χ4v) is 7.64. The van der Waals surface area contributed by atoms with Crippen LogP contribution >= 0.6 is 11.6 Å². The van der Waals surface area contributed by atoms with Gasteiger partial charge in [-0.1, -0.05) is 66.2 Å². The van der Waals surface area contributed by atoms with Gasteiger partial charge >= 0.3 is 0 Å². The Kier molecular flexibility index (Phi) is 7.31. The molecule has 3 aliphatic heterocycles. The summed E-state index contributed by atoms with van der Waals surface area (Å²) in [4.78, 5) is 14.6. The van der Waals surface area contributed by atoms with Crippen LogP contribution < -0.4 is 4.90 Å². The van der Waals surface area contributed by atoms with Crippen molar-refractivity contribution in [3.63, 3.8) is 0 Å². The highest BCUT2D eigenvalue weighted by atomic mass is 35.5. The van der Waals surface area contributed by atoms with E-state index in [0.29, 0.717) is 0 Å². The second-order valence-corrected chi connectivity index (χ2v) is 12.3. The van der Waals surface area contributed by atoms with Gasteiger partial charge < -0.3 is 9.88 Å². The molecule has 0 saturated carbocycles. The number of likely N-dealkylation sites (tertiary alicyclic amines) is 1. The van der Waals surface area contributed by atoms with E-state index < -0.39 is 0 Å². The zero-order chi connectivity index (χ0) is 26.9. The van der Waals surface area contributed by atoms with E-state index >= 15 is 0 Å². The molecule has 0 aliphatic carbocycles. The van der Waals surface area contributed by atoms with Crippen molar-refractivity contribution in [2.75, 3.05) is 63.8 Å². The number of nitrogens with zero attached hydrogens (tertiary/aromatic N) is 4. The molecule has 2 fully saturated rings. The molecular formula is C34H40ClN5. The number of benzene rings is 3. The first-order valence-corrected chi connectivity index (χ1v) is 15.4. The summed E-state index contributed by atoms with van der Waals surface area (Å²) in [5.74, 6) is 0. The lowest BCUT2D eigenvalue weighted by Gasteiger charge is -2.52. The monoisotopic (exact) mass is 553 g/mol. The lowest BCUT2D eigenvalue weighted by atomic mass is 9.77. The Bertz CT molecular complexity index is 1430. The van der Waals surface area contributed by atoms with Gasteiger partial charge in [0.05, 0.1) is 5.54 Å². The Balaban J connectivity index is 1.06. The number of hydrogen-bond donors (Lipinski definition) is 1. The molecule has 3 aliphatic rings. The molecule has 0 atom stereocenters. The first-order chi connectivity index (χ1) is 19.7. The average Bonchev–Trinajstić information content (AvgIpc) is 3.39. The van der Waals surface area contributed by atoms with Crippen LogP contribution in [0.2, 0.25) is 5.02 Å². The van der Waals surface area contributed by atoms with E-state index in [0.717, 1.165) is 76.9 Å². The second kappa shape index (κ2) is 11.2. The Morgan fingerprint density at radius 1 is 0.725 bits per heavy atom. The summed E-state index contributed by atoms with van der Waals surface area (Å²) in [6.45, 7) is 11.1. The number of rotatable bonds is 6. The van der Waals surface area contributed by atoms with Gasteiger partial charge in [-0.25, -0.2) is 0 Å². The SMILES string of the molecule is Clc1cccc(N2CCN(CCN3CCc4c([nH]c5ccccc45)C34CCN(Cc3ccccc3)CC4)CC2)c1. The number of aromatic amines is 1. The molecule has 3 aromatic carbocycles. The number of fused-ring (bicyclic) bond motifs is 4. The minimum atomic E-state index is 0.0996. The van der Waals surface area contributed by atoms with Crippen LogP contribution in [0.1, 0.15) is 29.7 Å². The van der Waals surface area contributed by atoms with Crippen molar-refractivity contribution in [1.29, 1.82) is 0 Å². The molecule has 1 N–H and O–H groups in total. The standard InChI is InChI=1S/C34H40ClN5/c35-28-9-6-10-29(25-28)39-22-19-37(20-23-39)21-24-40-16-13-31-30-11-4-5-12-32(30)36-33(31)34(40)14-17-38(18-15-34)26-27-7-2-1-3-8-27/h1-12,25,36H,13-24,26H2. The number of nitrogens with one attached hydrogen (secondary N) is 1. The smallest absolute Gasteiger partial charge is 0.0639 e. The van der Waals surface area contributed by atoms with E-state index in [4.69, 9.17) is 11.6 Å². The summed E-state index contributed by atoms with van der Waals surface area (Å²) >= 11 is 6.26. The zero-order valence-electron chi connectivity index (χ0n) is 23.4. The van der Waals surface area contributed by atoms with Gasteiger partial charge in [0.2, 0.25) is 0 Å². The number of halogens is 1. The summed E-state index contributed by atoms with van der Waals surface area (Å²) in [6, 6.07) is 28.2. The number of H-pyrrole nitrogens is 1. The minimum absolute atomic E-state index is 0.0996. The molecule has 0 radical (unpaired) electrons. The van der Waals surface area contributed by atoms with Crippen molar-refractivity contribution in [3.05, 3.63) is 101 Å². The molecule has 40 heavy (non-hydrogen) atoms. The Labute approximate surface area is 243 Å². The molecule has 2 saturated heterocycles. The first kappa shape index (κ1) is 26.1. The molecule has 4 heterocycles. The third-order valence-corrected chi connectivity index (χ3v) is 9.92. The van der Waals surface area contributed by atoms with E-state index in [1.54, 1.807) is 5.56 Å². The summed E-state index contributed by atoms with van der Waals surface area (Å²) in [5.41, 5.74) is 7.14. The van der Waals surface area contributed by atoms with E-state index in [-0.39, 0.29) is 5.54 Å². The summed E-state index contributed by atoms with van der Waals surface area (Å²) in [7, 11) is 0. The van der Waals surface area contributed by atoms with Gasteiger partial charge in [-0.05, 0) is 54.7 Å². The van der Waals surface area contributed by atoms with Gasteiger partial charge in [0.15, 0.2) is 0 Å². The first-order valence-electron chi connectivity index (χ1n) is 15.0. The van der Waals surface area contributed by atoms with E-state index in [2.05, 4.69) is 97.4 Å². The quantitative estimate of drug-likeness (QED) is 0.317. The van der Waals surface area contributed by atoms with Crippen LogP contribution in [-0.2, 0) is 18.5 Å². The Hall–Kier alpha value is -2.83. The number of para-hydroxylation sites is 1. The highest BCUT2D eigenvalue weighted by Gasteiger charge is 2.46. The van der Waals surface area contributed by atoms with Gasteiger partial charge in [-0.3, -0.25) is 14.7 Å². The third kappa shape index (κ3) is 5.05. The van der Waals surface area contributed by atoms with E-state index in [1.807, 2.05) is 6.07 Å². The highest BCUT2D eigenvalue weighted by Crippen LogP contribution is 2.45. The fraction of sp³-hybridized carbons (Fsp3) is 0.412. The summed E-state index contributed by atoms with van der Waals surface area (Å²) < 4.78 is 0. The third-order valence-electron chi connectivity index (χ3n) is 9.68. The predicted octanol–water partition coefficient (Wildman–Crippen LogP) is 5.99. The Morgan fingerprint density at radius 2 is 1.50 bits per heavy atom. The maximum atomic E-state index is 6.26. The van der Waals surface area contributed by atoms with Crippen molar-refractivity contribution < 1.29 is 0 Å². The highest BCUT2D eigenvalue weighted by molar-refractivity contribution is 6.30. The normalized spacial score (nSPS) is 20.3. The van der Waals surface area contributed by atoms with Gasteiger partial charge in [-0.15, -0.1) is 0 Å². The van der Waals surface area contributed by atoms with Crippen LogP contribution in [0.15, 0.2) is 78.9 Å². The summed E-state index contributed by atoms with van der Waals surface area (Å²) in [6.07, 6.45) is 3.50. The van der Waals surface area contributed by atoms with Crippen LogP contribution in [0, 0.1) is 0 Å². The second-order valence-electron chi connectivity index (χ2n) is 11.9. The topological polar surface area (TPSA) is 28.8 Å².